The molecule has 0 radical (unpaired) electrons. The number of carbonyl (C=O) groups is 2. The minimum Gasteiger partial charge on any atom is -0.333 e. The molecule has 138 valence electrons. The molecule has 0 aromatic heterocycles. The Kier molecular flexibility index (Phi) is 6.84. The topological polar surface area (TPSA) is 49.4 Å². The van der Waals surface area contributed by atoms with Crippen LogP contribution in [0.4, 0.5) is 18.9 Å². The number of benzene rings is 1. The van der Waals surface area contributed by atoms with Crippen LogP contribution in [0.15, 0.2) is 12.1 Å². The van der Waals surface area contributed by atoms with E-state index in [0.29, 0.717) is 25.3 Å². The maximum absolute atomic E-state index is 13.6. The van der Waals surface area contributed by atoms with E-state index in [1.807, 2.05) is 6.92 Å². The van der Waals surface area contributed by atoms with Gasteiger partial charge in [-0.3, -0.25) is 9.59 Å². The summed E-state index contributed by atoms with van der Waals surface area (Å²) in [6.45, 7) is 2.07. The smallest absolute Gasteiger partial charge is 0.244 e. The third-order valence-corrected chi connectivity index (χ3v) is 4.43. The summed E-state index contributed by atoms with van der Waals surface area (Å²) in [5.41, 5.74) is -0.441. The molecule has 0 aliphatic heterocycles. The van der Waals surface area contributed by atoms with E-state index in [1.165, 1.54) is 4.90 Å². The number of halogens is 3. The van der Waals surface area contributed by atoms with Crippen LogP contribution < -0.4 is 5.32 Å². The van der Waals surface area contributed by atoms with Gasteiger partial charge in [-0.15, -0.1) is 0 Å². The molecule has 0 atom stereocenters. The van der Waals surface area contributed by atoms with Crippen molar-refractivity contribution >= 4 is 17.5 Å². The molecule has 25 heavy (non-hydrogen) atoms. The summed E-state index contributed by atoms with van der Waals surface area (Å²) >= 11 is 0. The Hall–Kier alpha value is -2.05. The highest BCUT2D eigenvalue weighted by molar-refractivity contribution is 5.94. The highest BCUT2D eigenvalue weighted by Gasteiger charge is 2.23. The SMILES string of the molecule is CCCN(CC(=O)Nc1ccc(F)c(F)c1F)C(=O)CC1CCCC1. The second kappa shape index (κ2) is 8.87. The molecule has 2 amide bonds. The molecule has 1 N–H and O–H groups in total. The molecule has 0 bridgehead atoms. The summed E-state index contributed by atoms with van der Waals surface area (Å²) in [4.78, 5) is 25.9. The Bertz CT molecular complexity index is 631. The van der Waals surface area contributed by atoms with Gasteiger partial charge in [-0.2, -0.15) is 0 Å². The second-order valence-electron chi connectivity index (χ2n) is 6.44. The lowest BCUT2D eigenvalue weighted by Crippen LogP contribution is -2.39. The van der Waals surface area contributed by atoms with Crippen molar-refractivity contribution in [2.75, 3.05) is 18.4 Å². The van der Waals surface area contributed by atoms with Crippen LogP contribution in [0.2, 0.25) is 0 Å². The summed E-state index contributed by atoms with van der Waals surface area (Å²) in [6, 6.07) is 1.69. The van der Waals surface area contributed by atoms with Gasteiger partial charge < -0.3 is 10.2 Å². The van der Waals surface area contributed by atoms with Gasteiger partial charge in [0.2, 0.25) is 11.8 Å². The van der Waals surface area contributed by atoms with E-state index >= 15 is 0 Å². The van der Waals surface area contributed by atoms with E-state index in [9.17, 15) is 22.8 Å². The normalized spacial score (nSPS) is 14.6. The molecular weight excluding hydrogens is 333 g/mol. The van der Waals surface area contributed by atoms with E-state index in [4.69, 9.17) is 0 Å². The predicted octanol–water partition coefficient (Wildman–Crippen LogP) is 3.86. The molecule has 0 spiro atoms. The maximum atomic E-state index is 13.6. The first-order valence-corrected chi connectivity index (χ1v) is 8.63. The molecule has 0 unspecified atom stereocenters. The number of anilines is 1. The summed E-state index contributed by atoms with van der Waals surface area (Å²) in [5, 5.41) is 2.20. The lowest BCUT2D eigenvalue weighted by atomic mass is 10.0. The second-order valence-corrected chi connectivity index (χ2v) is 6.44. The molecular formula is C18H23F3N2O2. The number of hydrogen-bond acceptors (Lipinski definition) is 2. The van der Waals surface area contributed by atoms with Crippen molar-refractivity contribution in [2.24, 2.45) is 5.92 Å². The quantitative estimate of drug-likeness (QED) is 0.754. The predicted molar refractivity (Wildman–Crippen MR) is 88.4 cm³/mol. The maximum Gasteiger partial charge on any atom is 0.244 e. The van der Waals surface area contributed by atoms with Crippen molar-refractivity contribution in [3.63, 3.8) is 0 Å². The van der Waals surface area contributed by atoms with Crippen LogP contribution >= 0.6 is 0 Å². The lowest BCUT2D eigenvalue weighted by molar-refractivity contribution is -0.135. The molecule has 1 fully saturated rings. The number of hydrogen-bond donors (Lipinski definition) is 1. The third-order valence-electron chi connectivity index (χ3n) is 4.43. The average molecular weight is 356 g/mol. The Balaban J connectivity index is 1.97. The van der Waals surface area contributed by atoms with Crippen molar-refractivity contribution in [3.05, 3.63) is 29.6 Å². The Labute approximate surface area is 145 Å². The molecule has 2 rings (SSSR count). The van der Waals surface area contributed by atoms with Crippen molar-refractivity contribution in [1.82, 2.24) is 4.90 Å². The van der Waals surface area contributed by atoms with Crippen LogP contribution in [-0.2, 0) is 9.59 Å². The van der Waals surface area contributed by atoms with Crippen molar-refractivity contribution in [3.8, 4) is 0 Å². The summed E-state index contributed by atoms with van der Waals surface area (Å²) in [5.74, 6) is -4.80. The van der Waals surface area contributed by atoms with Crippen molar-refractivity contribution in [2.45, 2.75) is 45.4 Å². The van der Waals surface area contributed by atoms with Gasteiger partial charge in [0.25, 0.3) is 0 Å². The minimum atomic E-state index is -1.64. The lowest BCUT2D eigenvalue weighted by Gasteiger charge is -2.23. The van der Waals surface area contributed by atoms with Crippen LogP contribution in [0.1, 0.15) is 45.4 Å². The van der Waals surface area contributed by atoms with Crippen LogP contribution in [0.25, 0.3) is 0 Å². The van der Waals surface area contributed by atoms with E-state index in [-0.39, 0.29) is 12.5 Å². The summed E-state index contributed by atoms with van der Waals surface area (Å²) in [6.07, 6.45) is 5.40. The summed E-state index contributed by atoms with van der Waals surface area (Å²) < 4.78 is 39.8. The van der Waals surface area contributed by atoms with Crippen LogP contribution in [0, 0.1) is 23.4 Å². The molecule has 0 saturated heterocycles. The molecule has 1 aromatic rings. The number of nitrogens with one attached hydrogen (secondary N) is 1. The zero-order chi connectivity index (χ0) is 18.4. The first kappa shape index (κ1) is 19.3. The van der Waals surface area contributed by atoms with Gasteiger partial charge in [-0.05, 0) is 37.3 Å². The van der Waals surface area contributed by atoms with Gasteiger partial charge in [0.1, 0.15) is 0 Å². The molecule has 4 nitrogen and oxygen atoms in total. The first-order chi connectivity index (χ1) is 11.9. The minimum absolute atomic E-state index is 0.102. The first-order valence-electron chi connectivity index (χ1n) is 8.63. The van der Waals surface area contributed by atoms with Gasteiger partial charge in [-0.1, -0.05) is 19.8 Å². The van der Waals surface area contributed by atoms with Crippen LogP contribution in [-0.4, -0.2) is 29.8 Å². The molecule has 7 heteroatoms. The van der Waals surface area contributed by atoms with Gasteiger partial charge in [-0.25, -0.2) is 13.2 Å². The fourth-order valence-electron chi connectivity index (χ4n) is 3.14. The highest BCUT2D eigenvalue weighted by atomic mass is 19.2. The number of amides is 2. The standard InChI is InChI=1S/C18H23F3N2O2/c1-2-9-23(16(25)10-12-5-3-4-6-12)11-15(24)22-14-8-7-13(19)17(20)18(14)21/h7-8,12H,2-6,9-11H2,1H3,(H,22,24). The number of carbonyl (C=O) groups excluding carboxylic acids is 2. The van der Waals surface area contributed by atoms with E-state index in [2.05, 4.69) is 5.32 Å². The molecule has 1 saturated carbocycles. The average Bonchev–Trinajstić information content (AvgIpc) is 3.08. The van der Waals surface area contributed by atoms with E-state index in [1.54, 1.807) is 0 Å². The Morgan fingerprint density at radius 1 is 1.16 bits per heavy atom. The molecule has 1 aromatic carbocycles. The Morgan fingerprint density at radius 3 is 2.48 bits per heavy atom. The van der Waals surface area contributed by atoms with Gasteiger partial charge in [0.15, 0.2) is 17.5 Å². The van der Waals surface area contributed by atoms with Gasteiger partial charge in [0.05, 0.1) is 12.2 Å². The third kappa shape index (κ3) is 5.21. The van der Waals surface area contributed by atoms with Crippen LogP contribution in [0.3, 0.4) is 0 Å². The van der Waals surface area contributed by atoms with Crippen molar-refractivity contribution < 1.29 is 22.8 Å². The van der Waals surface area contributed by atoms with Crippen molar-refractivity contribution in [1.29, 1.82) is 0 Å². The zero-order valence-electron chi connectivity index (χ0n) is 14.3. The van der Waals surface area contributed by atoms with E-state index in [0.717, 1.165) is 37.8 Å². The molecule has 1 aliphatic rings. The monoisotopic (exact) mass is 356 g/mol. The fourth-order valence-corrected chi connectivity index (χ4v) is 3.14. The van der Waals surface area contributed by atoms with Crippen LogP contribution in [0.5, 0.6) is 0 Å². The van der Waals surface area contributed by atoms with E-state index < -0.39 is 29.0 Å². The van der Waals surface area contributed by atoms with Gasteiger partial charge >= 0.3 is 0 Å². The zero-order valence-corrected chi connectivity index (χ0v) is 14.3. The fraction of sp³-hybridized carbons (Fsp3) is 0.556. The van der Waals surface area contributed by atoms with Gasteiger partial charge in [0, 0.05) is 13.0 Å². The highest BCUT2D eigenvalue weighted by Crippen LogP contribution is 2.28. The largest absolute Gasteiger partial charge is 0.333 e. The summed E-state index contributed by atoms with van der Waals surface area (Å²) in [7, 11) is 0. The molecule has 1 aliphatic carbocycles. The molecule has 0 heterocycles. The number of rotatable bonds is 7. The Morgan fingerprint density at radius 2 is 1.84 bits per heavy atom. The number of nitrogens with zero attached hydrogens (tertiary/aromatic N) is 1.